The monoisotopic (exact) mass is 496 g/mol. The van der Waals surface area contributed by atoms with Gasteiger partial charge < -0.3 is 0 Å². The van der Waals surface area contributed by atoms with Gasteiger partial charge in [-0.2, -0.15) is 42.0 Å². The number of nitrogens with zero attached hydrogens (tertiary/aromatic N) is 1. The van der Waals surface area contributed by atoms with Crippen LogP contribution in [0.4, 0.5) is 0 Å². The normalized spacial score (nSPS) is 16.7. The Balaban J connectivity index is 0.00000136. The number of aryl methyl sites for hydroxylation is 3. The molecule has 3 aromatic rings. The minimum absolute atomic E-state index is 0. The second-order valence-electron chi connectivity index (χ2n) is 9.11. The first-order valence-electron chi connectivity index (χ1n) is 11.2. The van der Waals surface area contributed by atoms with Crippen molar-refractivity contribution in [3.63, 3.8) is 0 Å². The van der Waals surface area contributed by atoms with Crippen molar-refractivity contribution in [2.75, 3.05) is 0 Å². The first kappa shape index (κ1) is 24.6. The Morgan fingerprint density at radius 1 is 0.935 bits per heavy atom. The van der Waals surface area contributed by atoms with Gasteiger partial charge in [0, 0.05) is 46.7 Å². The molecule has 0 N–H and O–H groups in total. The Kier molecular flexibility index (Phi) is 8.16. The van der Waals surface area contributed by atoms with E-state index in [1.165, 1.54) is 67.1 Å². The number of hydrogen-bond acceptors (Lipinski definition) is 0. The van der Waals surface area contributed by atoms with E-state index in [0.717, 1.165) is 11.1 Å². The van der Waals surface area contributed by atoms with E-state index >= 15 is 0 Å². The van der Waals surface area contributed by atoms with E-state index in [-0.39, 0.29) is 41.1 Å². The van der Waals surface area contributed by atoms with Gasteiger partial charge in [-0.15, -0.1) is 17.7 Å². The van der Waals surface area contributed by atoms with Crippen molar-refractivity contribution in [1.82, 2.24) is 0 Å². The molecule has 4 heteroatoms. The summed E-state index contributed by atoms with van der Waals surface area (Å²) < 4.78 is 2.35. The molecule has 154 valence electrons. The zero-order chi connectivity index (χ0) is 19.8. The summed E-state index contributed by atoms with van der Waals surface area (Å²) >= 11 is 0. The SMILES string of the molecule is Cc1ccc(-c2[c-]cccc2)[c-]c1-c1cc2c(c[n+]1C)CCC[Si]21CCCCC1.[B].[Y]. The largest absolute Gasteiger partial charge is 0.233 e. The van der Waals surface area contributed by atoms with E-state index in [1.807, 2.05) is 12.1 Å². The average Bonchev–Trinajstić information content (AvgIpc) is 2.75. The topological polar surface area (TPSA) is 3.88 Å². The summed E-state index contributed by atoms with van der Waals surface area (Å²) in [6, 6.07) is 26.9. The Morgan fingerprint density at radius 2 is 1.71 bits per heavy atom. The third-order valence-corrected chi connectivity index (χ3v) is 12.8. The number of pyridine rings is 1. The molecular weight excluding hydrogens is 466 g/mol. The van der Waals surface area contributed by atoms with Gasteiger partial charge in [0.1, 0.15) is 12.7 Å². The third kappa shape index (κ3) is 4.70. The van der Waals surface area contributed by atoms with Crippen LogP contribution < -0.4 is 9.75 Å². The molecule has 0 unspecified atom stereocenters. The van der Waals surface area contributed by atoms with Crippen LogP contribution >= 0.6 is 0 Å². The maximum atomic E-state index is 3.75. The number of hydrogen-bond donors (Lipinski definition) is 0. The number of benzene rings is 2. The molecule has 0 saturated carbocycles. The molecule has 0 atom stereocenters. The number of fused-ring (bicyclic) bond motifs is 2. The van der Waals surface area contributed by atoms with Crippen LogP contribution in [0.3, 0.4) is 0 Å². The van der Waals surface area contributed by atoms with Crippen LogP contribution in [-0.2, 0) is 46.2 Å². The van der Waals surface area contributed by atoms with Gasteiger partial charge in [0.25, 0.3) is 0 Å². The Morgan fingerprint density at radius 3 is 2.45 bits per heavy atom. The average molecular weight is 496 g/mol. The van der Waals surface area contributed by atoms with Crippen molar-refractivity contribution in [3.05, 3.63) is 71.9 Å². The van der Waals surface area contributed by atoms with Crippen LogP contribution in [0.2, 0.25) is 18.1 Å². The zero-order valence-corrected chi connectivity index (χ0v) is 22.7. The Hall–Kier alpha value is -1.02. The number of aromatic nitrogens is 1. The van der Waals surface area contributed by atoms with Crippen LogP contribution in [0, 0.1) is 19.1 Å². The fraction of sp³-hybridized carbons (Fsp3) is 0.370. The fourth-order valence-corrected chi connectivity index (χ4v) is 11.3. The van der Waals surface area contributed by atoms with Crippen LogP contribution in [0.15, 0.2) is 48.7 Å². The molecular formula is C27H30BNSiY-. The van der Waals surface area contributed by atoms with Gasteiger partial charge in [-0.1, -0.05) is 61.5 Å². The van der Waals surface area contributed by atoms with E-state index in [0.29, 0.717) is 0 Å². The Bertz CT molecular complexity index is 1040. The first-order chi connectivity index (χ1) is 14.2. The van der Waals surface area contributed by atoms with Gasteiger partial charge in [-0.05, 0) is 12.5 Å². The van der Waals surface area contributed by atoms with E-state index in [2.05, 4.69) is 67.2 Å². The molecule has 3 heterocycles. The zero-order valence-electron chi connectivity index (χ0n) is 18.9. The standard InChI is InChI=1S/C27H30NSi.B.Y/c1-21-13-14-23(22-10-5-3-6-11-22)18-25(21)26-19-27-24(20-28(26)2)12-9-17-29(27)15-7-4-8-16-29;;/h3,5-6,10,13-14,19-20H,4,7-9,12,15-17H2,1-2H3;;/q-1;;. The molecule has 31 heavy (non-hydrogen) atoms. The minimum atomic E-state index is -1.31. The molecule has 1 saturated heterocycles. The second-order valence-corrected chi connectivity index (χ2v) is 13.7. The van der Waals surface area contributed by atoms with Gasteiger partial charge in [0.15, 0.2) is 6.20 Å². The molecule has 0 bridgehead atoms. The van der Waals surface area contributed by atoms with Crippen molar-refractivity contribution >= 4 is 21.7 Å². The molecule has 0 amide bonds. The second kappa shape index (κ2) is 10.3. The van der Waals surface area contributed by atoms with E-state index < -0.39 is 8.07 Å². The van der Waals surface area contributed by atoms with Crippen molar-refractivity contribution in [3.8, 4) is 22.4 Å². The summed E-state index contributed by atoms with van der Waals surface area (Å²) in [4.78, 5) is 0. The van der Waals surface area contributed by atoms with Crippen molar-refractivity contribution < 1.29 is 37.3 Å². The third-order valence-electron chi connectivity index (χ3n) is 7.25. The molecule has 2 aliphatic rings. The summed E-state index contributed by atoms with van der Waals surface area (Å²) in [5, 5.41) is 1.78. The van der Waals surface area contributed by atoms with Gasteiger partial charge in [-0.25, -0.2) is 10.1 Å². The summed E-state index contributed by atoms with van der Waals surface area (Å²) in [6.07, 6.45) is 9.46. The van der Waals surface area contributed by atoms with Crippen LogP contribution in [-0.4, -0.2) is 16.5 Å². The fourth-order valence-electron chi connectivity index (χ4n) is 5.70. The summed E-state index contributed by atoms with van der Waals surface area (Å²) in [6.45, 7) is 2.22. The molecule has 2 aromatic carbocycles. The van der Waals surface area contributed by atoms with Crippen molar-refractivity contribution in [1.29, 1.82) is 0 Å². The number of rotatable bonds is 2. The first-order valence-corrected chi connectivity index (χ1v) is 13.8. The minimum Gasteiger partial charge on any atom is -0.233 e. The molecule has 5 rings (SSSR count). The molecule has 1 spiro atoms. The van der Waals surface area contributed by atoms with E-state index in [9.17, 15) is 0 Å². The van der Waals surface area contributed by atoms with E-state index in [1.54, 1.807) is 10.8 Å². The smallest absolute Gasteiger partial charge is 0.165 e. The Labute approximate surface area is 216 Å². The predicted molar refractivity (Wildman–Crippen MR) is 129 cm³/mol. The quantitative estimate of drug-likeness (QED) is 0.262. The maximum Gasteiger partial charge on any atom is 0.165 e. The van der Waals surface area contributed by atoms with Crippen LogP contribution in [0.25, 0.3) is 22.4 Å². The van der Waals surface area contributed by atoms with Crippen LogP contribution in [0.1, 0.15) is 36.8 Å². The van der Waals surface area contributed by atoms with Crippen LogP contribution in [0.5, 0.6) is 0 Å². The molecule has 1 nitrogen and oxygen atoms in total. The van der Waals surface area contributed by atoms with Gasteiger partial charge in [0.05, 0.1) is 8.07 Å². The molecule has 1 fully saturated rings. The molecule has 2 aliphatic heterocycles. The van der Waals surface area contributed by atoms with Crippen molar-refractivity contribution in [2.24, 2.45) is 7.05 Å². The summed E-state index contributed by atoms with van der Waals surface area (Å²) in [7, 11) is 0.910. The molecule has 1 aromatic heterocycles. The van der Waals surface area contributed by atoms with Gasteiger partial charge in [0.2, 0.25) is 0 Å². The summed E-state index contributed by atoms with van der Waals surface area (Å²) in [5.41, 5.74) is 7.77. The van der Waals surface area contributed by atoms with E-state index in [4.69, 9.17) is 0 Å². The van der Waals surface area contributed by atoms with Crippen molar-refractivity contribution in [2.45, 2.75) is 57.2 Å². The molecule has 0 aliphatic carbocycles. The molecule has 4 radical (unpaired) electrons. The maximum absolute atomic E-state index is 3.75. The summed E-state index contributed by atoms with van der Waals surface area (Å²) in [5.74, 6) is 0. The van der Waals surface area contributed by atoms with Gasteiger partial charge in [-0.3, -0.25) is 0 Å². The van der Waals surface area contributed by atoms with Gasteiger partial charge >= 0.3 is 0 Å². The predicted octanol–water partition coefficient (Wildman–Crippen LogP) is 5.16.